The van der Waals surface area contributed by atoms with Crippen LogP contribution in [0.25, 0.3) is 0 Å². The largest absolute Gasteiger partial charge is 0.366 e. The molecule has 0 spiro atoms. The highest BCUT2D eigenvalue weighted by Gasteiger charge is 2.18. The van der Waals surface area contributed by atoms with E-state index in [-0.39, 0.29) is 5.91 Å². The Hall–Kier alpha value is -3.65. The molecule has 1 aliphatic heterocycles. The summed E-state index contributed by atoms with van der Waals surface area (Å²) in [7, 11) is 0. The molecule has 1 N–H and O–H groups in total. The number of nitrogens with zero attached hydrogens (tertiary/aromatic N) is 3. The quantitative estimate of drug-likeness (QED) is 0.777. The fourth-order valence-corrected chi connectivity index (χ4v) is 3.33. The molecular weight excluding hydrogens is 336 g/mol. The Morgan fingerprint density at radius 1 is 1.07 bits per heavy atom. The summed E-state index contributed by atoms with van der Waals surface area (Å²) in [5.74, 6) is -0.274. The summed E-state index contributed by atoms with van der Waals surface area (Å²) in [4.78, 5) is 19.1. The maximum absolute atomic E-state index is 12.6. The second-order valence-electron chi connectivity index (χ2n) is 6.48. The van der Waals surface area contributed by atoms with E-state index >= 15 is 0 Å². The average molecular weight is 354 g/mol. The zero-order valence-electron chi connectivity index (χ0n) is 14.7. The van der Waals surface area contributed by atoms with Gasteiger partial charge >= 0.3 is 0 Å². The molecule has 2 heterocycles. The summed E-state index contributed by atoms with van der Waals surface area (Å²) in [6.45, 7) is 1.70. The van der Waals surface area contributed by atoms with Gasteiger partial charge in [0.15, 0.2) is 0 Å². The van der Waals surface area contributed by atoms with Crippen LogP contribution in [-0.4, -0.2) is 17.4 Å². The SMILES string of the molecule is N#Cc1ccccc1NC(=O)c1cncc(N2CCc3ccccc3C2)c1. The molecule has 0 fully saturated rings. The van der Waals surface area contributed by atoms with Crippen molar-refractivity contribution in [3.05, 3.63) is 89.2 Å². The van der Waals surface area contributed by atoms with E-state index in [9.17, 15) is 10.1 Å². The molecule has 0 bridgehead atoms. The van der Waals surface area contributed by atoms with Crippen molar-refractivity contribution in [3.63, 3.8) is 0 Å². The number of rotatable bonds is 3. The molecule has 0 aliphatic carbocycles. The van der Waals surface area contributed by atoms with E-state index in [2.05, 4.69) is 45.5 Å². The molecule has 3 aromatic rings. The Labute approximate surface area is 157 Å². The van der Waals surface area contributed by atoms with Crippen molar-refractivity contribution in [1.29, 1.82) is 5.26 Å². The minimum Gasteiger partial charge on any atom is -0.366 e. The van der Waals surface area contributed by atoms with Gasteiger partial charge in [0.05, 0.1) is 28.7 Å². The fourth-order valence-electron chi connectivity index (χ4n) is 3.33. The molecule has 0 saturated heterocycles. The molecule has 5 heteroatoms. The van der Waals surface area contributed by atoms with Crippen LogP contribution in [0.5, 0.6) is 0 Å². The van der Waals surface area contributed by atoms with Crippen LogP contribution in [0.3, 0.4) is 0 Å². The monoisotopic (exact) mass is 354 g/mol. The second-order valence-corrected chi connectivity index (χ2v) is 6.48. The molecule has 0 atom stereocenters. The molecule has 1 aliphatic rings. The van der Waals surface area contributed by atoms with E-state index in [1.165, 1.54) is 11.1 Å². The van der Waals surface area contributed by atoms with E-state index in [1.807, 2.05) is 6.07 Å². The summed E-state index contributed by atoms with van der Waals surface area (Å²) in [6, 6.07) is 19.3. The van der Waals surface area contributed by atoms with Gasteiger partial charge in [0.2, 0.25) is 0 Å². The summed E-state index contributed by atoms with van der Waals surface area (Å²) in [6.07, 6.45) is 4.31. The molecular formula is C22H18N4O. The number of hydrogen-bond donors (Lipinski definition) is 1. The summed E-state index contributed by atoms with van der Waals surface area (Å²) < 4.78 is 0. The highest BCUT2D eigenvalue weighted by atomic mass is 16.1. The first-order valence-corrected chi connectivity index (χ1v) is 8.82. The van der Waals surface area contributed by atoms with Crippen LogP contribution in [0.2, 0.25) is 0 Å². The van der Waals surface area contributed by atoms with Gasteiger partial charge in [-0.25, -0.2) is 0 Å². The van der Waals surface area contributed by atoms with Crippen LogP contribution in [0.4, 0.5) is 11.4 Å². The Morgan fingerprint density at radius 3 is 2.70 bits per heavy atom. The van der Waals surface area contributed by atoms with Crippen LogP contribution >= 0.6 is 0 Å². The lowest BCUT2D eigenvalue weighted by atomic mass is 9.99. The normalized spacial score (nSPS) is 12.8. The zero-order valence-corrected chi connectivity index (χ0v) is 14.7. The highest BCUT2D eigenvalue weighted by molar-refractivity contribution is 6.05. The standard InChI is InChI=1S/C22H18N4O/c23-12-17-6-3-4-8-21(17)25-22(27)19-11-20(14-24-13-19)26-10-9-16-5-1-2-7-18(16)15-26/h1-8,11,13-14H,9-10,15H2,(H,25,27). The number of anilines is 2. The highest BCUT2D eigenvalue weighted by Crippen LogP contribution is 2.25. The van der Waals surface area contributed by atoms with E-state index in [1.54, 1.807) is 36.7 Å². The number of nitrogens with one attached hydrogen (secondary N) is 1. The van der Waals surface area contributed by atoms with E-state index in [4.69, 9.17) is 0 Å². The van der Waals surface area contributed by atoms with E-state index in [0.29, 0.717) is 16.8 Å². The fraction of sp³-hybridized carbons (Fsp3) is 0.136. The minimum atomic E-state index is -0.274. The van der Waals surface area contributed by atoms with Gasteiger partial charge in [-0.15, -0.1) is 0 Å². The van der Waals surface area contributed by atoms with Crippen molar-refractivity contribution >= 4 is 17.3 Å². The maximum atomic E-state index is 12.6. The van der Waals surface area contributed by atoms with Crippen molar-refractivity contribution in [3.8, 4) is 6.07 Å². The summed E-state index contributed by atoms with van der Waals surface area (Å²) >= 11 is 0. The third-order valence-electron chi connectivity index (χ3n) is 4.78. The van der Waals surface area contributed by atoms with Crippen molar-refractivity contribution < 1.29 is 4.79 Å². The summed E-state index contributed by atoms with van der Waals surface area (Å²) in [5.41, 5.74) is 5.01. The van der Waals surface area contributed by atoms with Crippen molar-refractivity contribution in [1.82, 2.24) is 4.98 Å². The molecule has 5 nitrogen and oxygen atoms in total. The molecule has 4 rings (SSSR count). The predicted molar refractivity (Wildman–Crippen MR) is 105 cm³/mol. The number of carbonyl (C=O) groups excluding carboxylic acids is 1. The van der Waals surface area contributed by atoms with Crippen LogP contribution < -0.4 is 10.2 Å². The number of nitriles is 1. The Bertz CT molecular complexity index is 1040. The van der Waals surface area contributed by atoms with Gasteiger partial charge < -0.3 is 10.2 Å². The minimum absolute atomic E-state index is 0.274. The number of para-hydroxylation sites is 1. The number of carbonyl (C=O) groups is 1. The molecule has 0 radical (unpaired) electrons. The van der Waals surface area contributed by atoms with Gasteiger partial charge in [-0.05, 0) is 35.7 Å². The third kappa shape index (κ3) is 3.51. The van der Waals surface area contributed by atoms with Gasteiger partial charge in [-0.2, -0.15) is 5.26 Å². The lowest BCUT2D eigenvalue weighted by molar-refractivity contribution is 0.102. The van der Waals surface area contributed by atoms with Gasteiger partial charge in [0.25, 0.3) is 5.91 Å². The second kappa shape index (κ2) is 7.30. The van der Waals surface area contributed by atoms with Crippen LogP contribution in [-0.2, 0) is 13.0 Å². The average Bonchev–Trinajstić information content (AvgIpc) is 2.74. The number of pyridine rings is 1. The van der Waals surface area contributed by atoms with Gasteiger partial charge in [0, 0.05) is 19.3 Å². The predicted octanol–water partition coefficient (Wildman–Crippen LogP) is 3.77. The number of aromatic nitrogens is 1. The summed E-state index contributed by atoms with van der Waals surface area (Å²) in [5, 5.41) is 12.0. The van der Waals surface area contributed by atoms with Gasteiger partial charge in [-0.3, -0.25) is 9.78 Å². The Kier molecular flexibility index (Phi) is 4.54. The van der Waals surface area contributed by atoms with E-state index < -0.39 is 0 Å². The van der Waals surface area contributed by atoms with Crippen LogP contribution in [0.15, 0.2) is 67.0 Å². The lowest BCUT2D eigenvalue weighted by Crippen LogP contribution is -2.30. The molecule has 27 heavy (non-hydrogen) atoms. The Morgan fingerprint density at radius 2 is 1.85 bits per heavy atom. The van der Waals surface area contributed by atoms with Gasteiger partial charge in [-0.1, -0.05) is 36.4 Å². The first kappa shape index (κ1) is 16.8. The lowest BCUT2D eigenvalue weighted by Gasteiger charge is -2.30. The van der Waals surface area contributed by atoms with Crippen LogP contribution in [0.1, 0.15) is 27.0 Å². The first-order chi connectivity index (χ1) is 13.2. The van der Waals surface area contributed by atoms with Crippen LogP contribution in [0, 0.1) is 11.3 Å². The number of fused-ring (bicyclic) bond motifs is 1. The topological polar surface area (TPSA) is 69.0 Å². The van der Waals surface area contributed by atoms with Gasteiger partial charge in [0.1, 0.15) is 6.07 Å². The third-order valence-corrected chi connectivity index (χ3v) is 4.78. The molecule has 1 amide bonds. The smallest absolute Gasteiger partial charge is 0.257 e. The first-order valence-electron chi connectivity index (χ1n) is 8.82. The molecule has 0 unspecified atom stereocenters. The van der Waals surface area contributed by atoms with E-state index in [0.717, 1.165) is 25.2 Å². The zero-order chi connectivity index (χ0) is 18.6. The molecule has 132 valence electrons. The number of benzene rings is 2. The number of amides is 1. The maximum Gasteiger partial charge on any atom is 0.257 e. The van der Waals surface area contributed by atoms with Crippen molar-refractivity contribution in [2.24, 2.45) is 0 Å². The molecule has 1 aromatic heterocycles. The Balaban J connectivity index is 1.54. The molecule has 0 saturated carbocycles. The molecule has 2 aromatic carbocycles. The van der Waals surface area contributed by atoms with Crippen molar-refractivity contribution in [2.45, 2.75) is 13.0 Å². The number of hydrogen-bond acceptors (Lipinski definition) is 4. The van der Waals surface area contributed by atoms with Crippen molar-refractivity contribution in [2.75, 3.05) is 16.8 Å².